The first kappa shape index (κ1) is 6.45. The lowest BCUT2D eigenvalue weighted by atomic mass is 9.47. The van der Waals surface area contributed by atoms with Crippen molar-refractivity contribution in [1.29, 1.82) is 0 Å². The Kier molecular flexibility index (Phi) is 0.755. The maximum absolute atomic E-state index is 2.57. The Morgan fingerprint density at radius 2 is 2.17 bits per heavy atom. The molecule has 6 unspecified atom stereocenters. The summed E-state index contributed by atoms with van der Waals surface area (Å²) < 4.78 is 0. The van der Waals surface area contributed by atoms with Crippen LogP contribution in [0.25, 0.3) is 0 Å². The molecule has 0 aliphatic heterocycles. The van der Waals surface area contributed by atoms with Gasteiger partial charge in [0, 0.05) is 0 Å². The minimum absolute atomic E-state index is 0.895. The van der Waals surface area contributed by atoms with Gasteiger partial charge in [0.15, 0.2) is 0 Å². The van der Waals surface area contributed by atoms with Crippen LogP contribution in [0, 0.1) is 34.5 Å². The third kappa shape index (κ3) is 0.324. The molecule has 0 aromatic carbocycles. The molecule has 0 aromatic heterocycles. The summed E-state index contributed by atoms with van der Waals surface area (Å²) in [6.07, 6.45) is 6.20. The molecule has 66 valence electrons. The quantitative estimate of drug-likeness (QED) is 0.585. The molecule has 4 saturated carbocycles. The minimum atomic E-state index is 0.895. The summed E-state index contributed by atoms with van der Waals surface area (Å²) in [7, 11) is 0. The average Bonchev–Trinajstić information content (AvgIpc) is 2.26. The van der Waals surface area contributed by atoms with Crippen LogP contribution in [-0.2, 0) is 0 Å². The Labute approximate surface area is 74.7 Å². The van der Waals surface area contributed by atoms with Gasteiger partial charge in [-0.25, -0.2) is 0 Å². The van der Waals surface area contributed by atoms with E-state index in [-0.39, 0.29) is 0 Å². The molecule has 12 heavy (non-hydrogen) atoms. The van der Waals surface area contributed by atoms with Crippen LogP contribution in [0.15, 0.2) is 0 Å². The van der Waals surface area contributed by atoms with Crippen LogP contribution in [-0.4, -0.2) is 0 Å². The molecule has 6 atom stereocenters. The highest BCUT2D eigenvalue weighted by atomic mass is 15.0. The lowest BCUT2D eigenvalue weighted by Crippen LogP contribution is -2.51. The number of rotatable bonds is 2. The smallest absolute Gasteiger partial charge is 0.0168 e. The van der Waals surface area contributed by atoms with Gasteiger partial charge in [-0.15, -0.1) is 0 Å². The highest BCUT2D eigenvalue weighted by molar-refractivity contribution is 5.45. The van der Waals surface area contributed by atoms with E-state index in [1.807, 2.05) is 0 Å². The molecule has 0 nitrogen and oxygen atoms in total. The molecule has 0 saturated heterocycles. The zero-order chi connectivity index (χ0) is 8.14. The van der Waals surface area contributed by atoms with E-state index >= 15 is 0 Å². The summed E-state index contributed by atoms with van der Waals surface area (Å²) in [5.74, 6) is 4.86. The van der Waals surface area contributed by atoms with Crippen LogP contribution in [0.3, 0.4) is 0 Å². The van der Waals surface area contributed by atoms with Crippen molar-refractivity contribution in [3.05, 3.63) is 0 Å². The molecule has 0 heterocycles. The summed E-state index contributed by atoms with van der Waals surface area (Å²) in [6, 6.07) is 0. The Morgan fingerprint density at radius 3 is 2.75 bits per heavy atom. The van der Waals surface area contributed by atoms with Crippen molar-refractivity contribution >= 4 is 0 Å². The Hall–Kier alpha value is 0. The highest BCUT2D eigenvalue weighted by Crippen LogP contribution is 3.02. The summed E-state index contributed by atoms with van der Waals surface area (Å²) >= 11 is 0. The van der Waals surface area contributed by atoms with E-state index in [9.17, 15) is 0 Å². The molecular weight excluding hydrogens is 144 g/mol. The van der Waals surface area contributed by atoms with Crippen molar-refractivity contribution in [2.24, 2.45) is 34.5 Å². The second-order valence-corrected chi connectivity index (χ2v) is 6.08. The third-order valence-electron chi connectivity index (χ3n) is 6.13. The van der Waals surface area contributed by atoms with Crippen LogP contribution in [0.4, 0.5) is 0 Å². The second-order valence-electron chi connectivity index (χ2n) is 6.08. The molecule has 0 bridgehead atoms. The molecular formula is C12H18. The molecule has 0 aromatic rings. The van der Waals surface area contributed by atoms with Gasteiger partial charge in [-0.3, -0.25) is 0 Å². The lowest BCUT2D eigenvalue weighted by molar-refractivity contribution is -0.0920. The maximum atomic E-state index is 2.57. The molecule has 0 N–H and O–H groups in total. The molecule has 4 aliphatic carbocycles. The molecule has 4 aliphatic rings. The lowest BCUT2D eigenvalue weighted by Gasteiger charge is -2.57. The molecule has 0 radical (unpaired) electrons. The summed E-state index contributed by atoms with van der Waals surface area (Å²) in [5, 5.41) is 0. The van der Waals surface area contributed by atoms with E-state index < -0.39 is 0 Å². The molecule has 4 rings (SSSR count). The van der Waals surface area contributed by atoms with Crippen molar-refractivity contribution in [1.82, 2.24) is 0 Å². The first-order valence-corrected chi connectivity index (χ1v) is 5.75. The highest BCUT2D eigenvalue weighted by Gasteiger charge is 2.97. The monoisotopic (exact) mass is 162 g/mol. The standard InChI is InChI=1S/C12H18/c1-3-4-7-5-12-9(7)8-6-11(12,2)10(8)12/h7-10H,3-6H2,1-2H3. The van der Waals surface area contributed by atoms with Gasteiger partial charge in [0.1, 0.15) is 0 Å². The van der Waals surface area contributed by atoms with Crippen LogP contribution in [0.5, 0.6) is 0 Å². The maximum Gasteiger partial charge on any atom is -0.0168 e. The van der Waals surface area contributed by atoms with Gasteiger partial charge < -0.3 is 0 Å². The van der Waals surface area contributed by atoms with Crippen molar-refractivity contribution < 1.29 is 0 Å². The van der Waals surface area contributed by atoms with Gasteiger partial charge in [0.2, 0.25) is 0 Å². The Bertz CT molecular complexity index is 269. The normalized spacial score (nSPS) is 74.5. The fraction of sp³-hybridized carbons (Fsp3) is 1.00. The van der Waals surface area contributed by atoms with Gasteiger partial charge in [-0.1, -0.05) is 26.7 Å². The van der Waals surface area contributed by atoms with E-state index in [1.165, 1.54) is 36.5 Å². The topological polar surface area (TPSA) is 0 Å². The predicted octanol–water partition coefficient (Wildman–Crippen LogP) is 3.08. The van der Waals surface area contributed by atoms with Crippen molar-refractivity contribution in [3.63, 3.8) is 0 Å². The third-order valence-corrected chi connectivity index (χ3v) is 6.13. The van der Waals surface area contributed by atoms with Gasteiger partial charge >= 0.3 is 0 Å². The molecule has 4 fully saturated rings. The number of fused-ring (bicyclic) bond motifs is 1. The summed E-state index contributed by atoms with van der Waals surface area (Å²) in [6.45, 7) is 4.91. The van der Waals surface area contributed by atoms with E-state index in [1.54, 1.807) is 12.8 Å². The van der Waals surface area contributed by atoms with Crippen LogP contribution in [0.1, 0.15) is 39.5 Å². The first-order chi connectivity index (χ1) is 5.75. The Balaban J connectivity index is 1.61. The van der Waals surface area contributed by atoms with Crippen molar-refractivity contribution in [3.8, 4) is 0 Å². The first-order valence-electron chi connectivity index (χ1n) is 5.75. The van der Waals surface area contributed by atoms with Gasteiger partial charge in [-0.05, 0) is 47.3 Å². The number of hydrogen-bond acceptors (Lipinski definition) is 0. The van der Waals surface area contributed by atoms with E-state index in [0.717, 1.165) is 10.8 Å². The van der Waals surface area contributed by atoms with E-state index in [0.29, 0.717) is 0 Å². The van der Waals surface area contributed by atoms with Crippen LogP contribution >= 0.6 is 0 Å². The number of hydrogen-bond donors (Lipinski definition) is 0. The zero-order valence-corrected chi connectivity index (χ0v) is 8.14. The van der Waals surface area contributed by atoms with E-state index in [4.69, 9.17) is 0 Å². The molecule has 1 spiro atoms. The van der Waals surface area contributed by atoms with E-state index in [2.05, 4.69) is 13.8 Å². The van der Waals surface area contributed by atoms with Gasteiger partial charge in [-0.2, -0.15) is 0 Å². The minimum Gasteiger partial charge on any atom is -0.0654 e. The fourth-order valence-electron chi connectivity index (χ4n) is 5.95. The Morgan fingerprint density at radius 1 is 1.33 bits per heavy atom. The van der Waals surface area contributed by atoms with Crippen molar-refractivity contribution in [2.45, 2.75) is 39.5 Å². The summed E-state index contributed by atoms with van der Waals surface area (Å²) in [4.78, 5) is 0. The molecule has 0 amide bonds. The van der Waals surface area contributed by atoms with Gasteiger partial charge in [0.25, 0.3) is 0 Å². The van der Waals surface area contributed by atoms with Crippen LogP contribution in [0.2, 0.25) is 0 Å². The van der Waals surface area contributed by atoms with Crippen molar-refractivity contribution in [2.75, 3.05) is 0 Å². The predicted molar refractivity (Wildman–Crippen MR) is 48.6 cm³/mol. The zero-order valence-electron chi connectivity index (χ0n) is 8.14. The largest absolute Gasteiger partial charge is 0.0654 e. The van der Waals surface area contributed by atoms with Gasteiger partial charge in [0.05, 0.1) is 0 Å². The molecule has 0 heteroatoms. The summed E-state index contributed by atoms with van der Waals surface area (Å²) in [5.41, 5.74) is 1.87. The SMILES string of the molecule is CCCC1CC23C1C1CC2(C)C13. The second kappa shape index (κ2) is 1.40. The van der Waals surface area contributed by atoms with Crippen LogP contribution < -0.4 is 0 Å². The fourth-order valence-corrected chi connectivity index (χ4v) is 5.95. The average molecular weight is 162 g/mol.